The number of halogens is 2. The van der Waals surface area contributed by atoms with Crippen LogP contribution in [0.1, 0.15) is 36.8 Å². The number of aromatic nitrogens is 2. The molecular formula is C22H24ClFN4O3S. The average molecular weight is 479 g/mol. The molecule has 0 atom stereocenters. The Hall–Kier alpha value is -2.75. The Morgan fingerprint density at radius 2 is 1.72 bits per heavy atom. The van der Waals surface area contributed by atoms with Gasteiger partial charge in [0.15, 0.2) is 0 Å². The van der Waals surface area contributed by atoms with E-state index >= 15 is 0 Å². The van der Waals surface area contributed by atoms with Gasteiger partial charge in [-0.3, -0.25) is 4.79 Å². The highest BCUT2D eigenvalue weighted by Gasteiger charge is 2.24. The summed E-state index contributed by atoms with van der Waals surface area (Å²) in [6.07, 6.45) is 0. The van der Waals surface area contributed by atoms with Gasteiger partial charge in [-0.05, 0) is 42.5 Å². The molecule has 3 aromatic rings. The SMILES string of the molecule is CN(C)S(=O)(=O)c1cc(C(=O)Nc2cc(C(C)(C)C)nn2-c2ccc(F)cc2)ccc1Cl. The Bertz CT molecular complexity index is 1260. The van der Waals surface area contributed by atoms with E-state index in [-0.39, 0.29) is 20.9 Å². The van der Waals surface area contributed by atoms with Gasteiger partial charge in [0.25, 0.3) is 5.91 Å². The smallest absolute Gasteiger partial charge is 0.256 e. The van der Waals surface area contributed by atoms with Crippen LogP contribution in [0.5, 0.6) is 0 Å². The van der Waals surface area contributed by atoms with Crippen molar-refractivity contribution in [3.8, 4) is 5.69 Å². The van der Waals surface area contributed by atoms with Crippen molar-refractivity contribution in [1.29, 1.82) is 0 Å². The fourth-order valence-electron chi connectivity index (χ4n) is 2.84. The van der Waals surface area contributed by atoms with E-state index in [2.05, 4.69) is 10.4 Å². The summed E-state index contributed by atoms with van der Waals surface area (Å²) in [6, 6.07) is 11.5. The van der Waals surface area contributed by atoms with E-state index in [1.807, 2.05) is 20.8 Å². The van der Waals surface area contributed by atoms with Gasteiger partial charge in [-0.1, -0.05) is 32.4 Å². The lowest BCUT2D eigenvalue weighted by Gasteiger charge is -2.14. The first-order valence-corrected chi connectivity index (χ1v) is 11.5. The van der Waals surface area contributed by atoms with Gasteiger partial charge in [-0.25, -0.2) is 21.8 Å². The summed E-state index contributed by atoms with van der Waals surface area (Å²) in [5.41, 5.74) is 1.07. The van der Waals surface area contributed by atoms with E-state index < -0.39 is 21.7 Å². The predicted molar refractivity (Wildman–Crippen MR) is 123 cm³/mol. The lowest BCUT2D eigenvalue weighted by Crippen LogP contribution is -2.23. The second kappa shape index (κ2) is 8.65. The van der Waals surface area contributed by atoms with Crippen LogP contribution >= 0.6 is 11.6 Å². The van der Waals surface area contributed by atoms with Gasteiger partial charge in [0.2, 0.25) is 10.0 Å². The molecule has 1 amide bonds. The number of nitrogens with zero attached hydrogens (tertiary/aromatic N) is 3. The number of amides is 1. The molecule has 0 radical (unpaired) electrons. The van der Waals surface area contributed by atoms with Gasteiger partial charge in [-0.2, -0.15) is 5.10 Å². The summed E-state index contributed by atoms with van der Waals surface area (Å²) in [5, 5.41) is 7.37. The lowest BCUT2D eigenvalue weighted by molar-refractivity contribution is 0.102. The number of hydrogen-bond donors (Lipinski definition) is 1. The highest BCUT2D eigenvalue weighted by molar-refractivity contribution is 7.89. The molecule has 1 aromatic heterocycles. The van der Waals surface area contributed by atoms with Crippen LogP contribution in [-0.2, 0) is 15.4 Å². The van der Waals surface area contributed by atoms with Crippen molar-refractivity contribution < 1.29 is 17.6 Å². The number of carbonyl (C=O) groups excluding carboxylic acids is 1. The molecule has 0 aliphatic heterocycles. The van der Waals surface area contributed by atoms with E-state index in [1.165, 1.54) is 49.1 Å². The molecular weight excluding hydrogens is 455 g/mol. The van der Waals surface area contributed by atoms with Gasteiger partial charge < -0.3 is 5.32 Å². The van der Waals surface area contributed by atoms with Crippen molar-refractivity contribution in [2.24, 2.45) is 0 Å². The van der Waals surface area contributed by atoms with E-state index in [0.29, 0.717) is 17.2 Å². The lowest BCUT2D eigenvalue weighted by atomic mass is 9.92. The molecule has 7 nitrogen and oxygen atoms in total. The number of nitrogens with one attached hydrogen (secondary N) is 1. The molecule has 10 heteroatoms. The fraction of sp³-hybridized carbons (Fsp3) is 0.273. The fourth-order valence-corrected chi connectivity index (χ4v) is 4.24. The number of anilines is 1. The van der Waals surface area contributed by atoms with Crippen molar-refractivity contribution in [2.75, 3.05) is 19.4 Å². The molecule has 1 N–H and O–H groups in total. The minimum absolute atomic E-state index is 0.0154. The monoisotopic (exact) mass is 478 g/mol. The van der Waals surface area contributed by atoms with Crippen molar-refractivity contribution in [3.63, 3.8) is 0 Å². The third kappa shape index (κ3) is 4.85. The Balaban J connectivity index is 2.03. The second-order valence-corrected chi connectivity index (χ2v) is 11.0. The maximum Gasteiger partial charge on any atom is 0.256 e. The van der Waals surface area contributed by atoms with Crippen LogP contribution in [0.15, 0.2) is 53.4 Å². The summed E-state index contributed by atoms with van der Waals surface area (Å²) >= 11 is 6.08. The number of sulfonamides is 1. The number of benzene rings is 2. The van der Waals surface area contributed by atoms with Crippen LogP contribution in [0, 0.1) is 5.82 Å². The maximum absolute atomic E-state index is 13.4. The summed E-state index contributed by atoms with van der Waals surface area (Å²) in [7, 11) is -1.07. The Kier molecular flexibility index (Phi) is 6.46. The molecule has 1 heterocycles. The first-order chi connectivity index (χ1) is 14.8. The van der Waals surface area contributed by atoms with Gasteiger partial charge in [-0.15, -0.1) is 0 Å². The Morgan fingerprint density at radius 3 is 2.28 bits per heavy atom. The highest BCUT2D eigenvalue weighted by atomic mass is 35.5. The number of rotatable bonds is 5. The first kappa shape index (κ1) is 23.9. The van der Waals surface area contributed by atoms with E-state index in [4.69, 9.17) is 11.6 Å². The molecule has 0 aliphatic carbocycles. The van der Waals surface area contributed by atoms with Crippen molar-refractivity contribution in [3.05, 3.63) is 70.6 Å². The molecule has 0 fully saturated rings. The van der Waals surface area contributed by atoms with Crippen LogP contribution in [0.25, 0.3) is 5.69 Å². The summed E-state index contributed by atoms with van der Waals surface area (Å²) in [5.74, 6) is -0.572. The van der Waals surface area contributed by atoms with E-state index in [9.17, 15) is 17.6 Å². The zero-order valence-electron chi connectivity index (χ0n) is 18.3. The molecule has 3 rings (SSSR count). The average Bonchev–Trinajstić information content (AvgIpc) is 3.12. The maximum atomic E-state index is 13.4. The second-order valence-electron chi connectivity index (χ2n) is 8.44. The van der Waals surface area contributed by atoms with Crippen LogP contribution in [0.3, 0.4) is 0 Å². The third-order valence-corrected chi connectivity index (χ3v) is 7.04. The van der Waals surface area contributed by atoms with Crippen LogP contribution < -0.4 is 5.32 Å². The van der Waals surface area contributed by atoms with Crippen LogP contribution in [0.2, 0.25) is 5.02 Å². The molecule has 0 bridgehead atoms. The van der Waals surface area contributed by atoms with E-state index in [1.54, 1.807) is 18.2 Å². The van der Waals surface area contributed by atoms with Crippen molar-refractivity contribution in [2.45, 2.75) is 31.1 Å². The normalized spacial score (nSPS) is 12.2. The molecule has 32 heavy (non-hydrogen) atoms. The molecule has 170 valence electrons. The third-order valence-electron chi connectivity index (χ3n) is 4.74. The molecule has 0 aliphatic rings. The predicted octanol–water partition coefficient (Wildman–Crippen LogP) is 4.46. The summed E-state index contributed by atoms with van der Waals surface area (Å²) < 4.78 is 41.0. The van der Waals surface area contributed by atoms with Crippen LogP contribution in [-0.4, -0.2) is 42.5 Å². The van der Waals surface area contributed by atoms with Crippen LogP contribution in [0.4, 0.5) is 10.2 Å². The van der Waals surface area contributed by atoms with Gasteiger partial charge >= 0.3 is 0 Å². The quantitative estimate of drug-likeness (QED) is 0.586. The molecule has 0 spiro atoms. The number of hydrogen-bond acceptors (Lipinski definition) is 4. The summed E-state index contributed by atoms with van der Waals surface area (Å²) in [4.78, 5) is 12.8. The molecule has 0 unspecified atom stereocenters. The van der Waals surface area contributed by atoms with E-state index in [0.717, 1.165) is 4.31 Å². The topological polar surface area (TPSA) is 84.3 Å². The zero-order valence-corrected chi connectivity index (χ0v) is 19.9. The molecule has 0 saturated carbocycles. The number of carbonyl (C=O) groups is 1. The minimum Gasteiger partial charge on any atom is -0.306 e. The van der Waals surface area contributed by atoms with Gasteiger partial charge in [0.05, 0.1) is 16.4 Å². The minimum atomic E-state index is -3.84. The summed E-state index contributed by atoms with van der Waals surface area (Å²) in [6.45, 7) is 5.94. The Labute approximate surface area is 191 Å². The zero-order chi connectivity index (χ0) is 23.8. The Morgan fingerprint density at radius 1 is 1.09 bits per heavy atom. The van der Waals surface area contributed by atoms with Crippen molar-refractivity contribution >= 4 is 33.3 Å². The van der Waals surface area contributed by atoms with Crippen molar-refractivity contribution in [1.82, 2.24) is 14.1 Å². The molecule has 2 aromatic carbocycles. The first-order valence-electron chi connectivity index (χ1n) is 9.70. The standard InChI is InChI=1S/C22H24ClFN4O3S/c1-22(2,3)19-13-20(28(26-19)16-9-7-15(24)8-10-16)25-21(29)14-6-11-17(23)18(12-14)32(30,31)27(4)5/h6-13H,1-5H3,(H,25,29). The largest absolute Gasteiger partial charge is 0.306 e. The van der Waals surface area contributed by atoms with Gasteiger partial charge in [0.1, 0.15) is 16.5 Å². The van der Waals surface area contributed by atoms with Gasteiger partial charge in [0, 0.05) is 31.1 Å². The highest BCUT2D eigenvalue weighted by Crippen LogP contribution is 2.28. The molecule has 0 saturated heterocycles.